The lowest BCUT2D eigenvalue weighted by molar-refractivity contribution is -0.136. The molecule has 0 radical (unpaired) electrons. The monoisotopic (exact) mass is 423 g/mol. The van der Waals surface area contributed by atoms with Gasteiger partial charge in [0.25, 0.3) is 0 Å². The lowest BCUT2D eigenvalue weighted by Gasteiger charge is -2.43. The molecule has 162 valence electrons. The fraction of sp³-hybridized carbons (Fsp3) is 0.800. The van der Waals surface area contributed by atoms with Crippen molar-refractivity contribution < 1.29 is 14.7 Å². The Morgan fingerprint density at radius 3 is 2.38 bits per heavy atom. The second kappa shape index (κ2) is 8.08. The van der Waals surface area contributed by atoms with E-state index in [0.29, 0.717) is 12.3 Å². The zero-order chi connectivity index (χ0) is 21.5. The molecule has 2 unspecified atom stereocenters. The Morgan fingerprint density at radius 2 is 1.90 bits per heavy atom. The quantitative estimate of drug-likeness (QED) is 0.799. The summed E-state index contributed by atoms with van der Waals surface area (Å²) in [7, 11) is 1.50. The lowest BCUT2D eigenvalue weighted by Crippen LogP contribution is -2.53. The van der Waals surface area contributed by atoms with Gasteiger partial charge in [0.15, 0.2) is 0 Å². The molecule has 8 nitrogen and oxygen atoms in total. The third-order valence-corrected chi connectivity index (χ3v) is 6.96. The molecule has 2 aliphatic rings. The van der Waals surface area contributed by atoms with Gasteiger partial charge in [-0.2, -0.15) is 4.37 Å². The summed E-state index contributed by atoms with van der Waals surface area (Å²) in [4.78, 5) is 34.8. The van der Waals surface area contributed by atoms with Crippen LogP contribution in [0, 0.1) is 5.41 Å². The third kappa shape index (κ3) is 4.34. The average Bonchev–Trinajstić information content (AvgIpc) is 3.26. The summed E-state index contributed by atoms with van der Waals surface area (Å²) in [5.41, 5.74) is -0.105. The highest BCUT2D eigenvalue weighted by atomic mass is 32.1. The molecule has 9 heteroatoms. The number of nitrogens with zero attached hydrogens (tertiary/aromatic N) is 5. The summed E-state index contributed by atoms with van der Waals surface area (Å²) in [5.74, 6) is 1.15. The first-order chi connectivity index (χ1) is 13.5. The number of aromatic nitrogens is 2. The minimum absolute atomic E-state index is 0.0347. The number of piperidine rings is 1. The molecule has 1 aromatic rings. The molecule has 1 N–H and O–H groups in total. The summed E-state index contributed by atoms with van der Waals surface area (Å²) < 4.78 is 4.45. The standard InChI is InChI=1S/C20H33N5O3S/c1-12(2)16-21-18(29-22-16)24-9-7-13(8-10-24)25-15(20(3,4)5)11-14(17(25)26)23(6)19(27)28/h12-15H,7-11H2,1-6H3,(H,27,28). The van der Waals surface area contributed by atoms with E-state index in [1.807, 2.05) is 4.90 Å². The van der Waals surface area contributed by atoms with Crippen molar-refractivity contribution in [1.82, 2.24) is 19.2 Å². The van der Waals surface area contributed by atoms with Crippen LogP contribution >= 0.6 is 11.5 Å². The molecule has 2 amide bonds. The maximum absolute atomic E-state index is 13.2. The van der Waals surface area contributed by atoms with Crippen LogP contribution in [-0.2, 0) is 4.79 Å². The van der Waals surface area contributed by atoms with Gasteiger partial charge >= 0.3 is 6.09 Å². The van der Waals surface area contributed by atoms with Crippen molar-refractivity contribution in [3.05, 3.63) is 5.82 Å². The summed E-state index contributed by atoms with van der Waals surface area (Å²) in [6, 6.07) is -0.424. The molecular formula is C20H33N5O3S. The van der Waals surface area contributed by atoms with Gasteiger partial charge in [0.1, 0.15) is 11.9 Å². The highest BCUT2D eigenvalue weighted by molar-refractivity contribution is 7.09. The summed E-state index contributed by atoms with van der Waals surface area (Å²) in [6.07, 6.45) is 1.22. The van der Waals surface area contributed by atoms with E-state index in [1.165, 1.54) is 23.5 Å². The number of hydrogen-bond donors (Lipinski definition) is 1. The zero-order valence-corrected chi connectivity index (χ0v) is 19.1. The van der Waals surface area contributed by atoms with Crippen LogP contribution in [0.15, 0.2) is 0 Å². The van der Waals surface area contributed by atoms with E-state index < -0.39 is 12.1 Å². The van der Waals surface area contributed by atoms with Crippen molar-refractivity contribution >= 4 is 28.7 Å². The summed E-state index contributed by atoms with van der Waals surface area (Å²) >= 11 is 1.44. The first-order valence-electron chi connectivity index (χ1n) is 10.4. The van der Waals surface area contributed by atoms with Gasteiger partial charge in [0, 0.05) is 49.7 Å². The lowest BCUT2D eigenvalue weighted by atomic mass is 9.83. The Balaban J connectivity index is 1.73. The maximum atomic E-state index is 13.2. The van der Waals surface area contributed by atoms with Gasteiger partial charge in [-0.05, 0) is 24.7 Å². The molecule has 29 heavy (non-hydrogen) atoms. The molecule has 3 rings (SSSR count). The average molecular weight is 424 g/mol. The number of carbonyl (C=O) groups excluding carboxylic acids is 1. The normalized spacial score (nSPS) is 23.9. The van der Waals surface area contributed by atoms with Crippen molar-refractivity contribution in [2.45, 2.75) is 77.9 Å². The molecule has 3 heterocycles. The first-order valence-corrected chi connectivity index (χ1v) is 11.1. The Hall–Kier alpha value is -1.90. The molecule has 2 fully saturated rings. The molecule has 2 saturated heterocycles. The molecule has 2 aliphatic heterocycles. The van der Waals surface area contributed by atoms with Gasteiger partial charge in [-0.15, -0.1) is 0 Å². The van der Waals surface area contributed by atoms with Crippen molar-refractivity contribution in [2.24, 2.45) is 5.41 Å². The Kier molecular flexibility index (Phi) is 6.08. The largest absolute Gasteiger partial charge is 0.465 e. The van der Waals surface area contributed by atoms with Crippen molar-refractivity contribution in [2.75, 3.05) is 25.0 Å². The predicted octanol–water partition coefficient (Wildman–Crippen LogP) is 3.26. The van der Waals surface area contributed by atoms with E-state index in [1.54, 1.807) is 0 Å². The number of rotatable bonds is 4. The maximum Gasteiger partial charge on any atom is 0.407 e. The SMILES string of the molecule is CC(C)c1nsc(N2CCC(N3C(=O)C(N(C)C(=O)O)CC3C(C)(C)C)CC2)n1. The number of likely N-dealkylation sites (N-methyl/N-ethyl adjacent to an activating group) is 1. The molecule has 0 spiro atoms. The van der Waals surface area contributed by atoms with Crippen molar-refractivity contribution in [1.29, 1.82) is 0 Å². The van der Waals surface area contributed by atoms with E-state index in [9.17, 15) is 14.7 Å². The summed E-state index contributed by atoms with van der Waals surface area (Å²) in [6.45, 7) is 12.2. The van der Waals surface area contributed by atoms with Gasteiger partial charge < -0.3 is 14.9 Å². The predicted molar refractivity (Wildman–Crippen MR) is 114 cm³/mol. The highest BCUT2D eigenvalue weighted by Crippen LogP contribution is 2.39. The van der Waals surface area contributed by atoms with E-state index in [-0.39, 0.29) is 23.4 Å². The van der Waals surface area contributed by atoms with Crippen molar-refractivity contribution in [3.8, 4) is 0 Å². The Labute approximate surface area is 177 Å². The molecule has 0 aliphatic carbocycles. The number of likely N-dealkylation sites (tertiary alicyclic amines) is 1. The van der Waals surface area contributed by atoms with Crippen LogP contribution < -0.4 is 4.90 Å². The third-order valence-electron chi connectivity index (χ3n) is 6.17. The molecule has 1 aromatic heterocycles. The Bertz CT molecular complexity index is 752. The van der Waals surface area contributed by atoms with E-state index in [4.69, 9.17) is 0 Å². The second-order valence-electron chi connectivity index (χ2n) is 9.58. The van der Waals surface area contributed by atoms with Gasteiger partial charge in [0.2, 0.25) is 11.0 Å². The van der Waals surface area contributed by atoms with Crippen LogP contribution in [0.25, 0.3) is 0 Å². The number of carboxylic acid groups (broad SMARTS) is 1. The van der Waals surface area contributed by atoms with Crippen molar-refractivity contribution in [3.63, 3.8) is 0 Å². The number of amides is 2. The fourth-order valence-electron chi connectivity index (χ4n) is 4.34. The van der Waals surface area contributed by atoms with Gasteiger partial charge in [-0.3, -0.25) is 9.69 Å². The smallest absolute Gasteiger partial charge is 0.407 e. The zero-order valence-electron chi connectivity index (χ0n) is 18.3. The van der Waals surface area contributed by atoms with Gasteiger partial charge in [0.05, 0.1) is 0 Å². The topological polar surface area (TPSA) is 89.9 Å². The molecule has 0 aromatic carbocycles. The van der Waals surface area contributed by atoms with Crippen LogP contribution in [0.3, 0.4) is 0 Å². The van der Waals surface area contributed by atoms with Crippen LogP contribution in [-0.4, -0.2) is 74.5 Å². The fourth-order valence-corrected chi connectivity index (χ4v) is 5.20. The van der Waals surface area contributed by atoms with Crippen LogP contribution in [0.5, 0.6) is 0 Å². The van der Waals surface area contributed by atoms with Crippen LogP contribution in [0.4, 0.5) is 9.93 Å². The number of anilines is 1. The number of hydrogen-bond acceptors (Lipinski definition) is 6. The first kappa shape index (κ1) is 21.8. The molecule has 0 saturated carbocycles. The van der Waals surface area contributed by atoms with Gasteiger partial charge in [-0.1, -0.05) is 34.6 Å². The minimum atomic E-state index is -1.05. The Morgan fingerprint density at radius 1 is 1.28 bits per heavy atom. The molecule has 2 atom stereocenters. The molecular weight excluding hydrogens is 390 g/mol. The van der Waals surface area contributed by atoms with Crippen LogP contribution in [0.1, 0.15) is 65.6 Å². The highest BCUT2D eigenvalue weighted by Gasteiger charge is 2.50. The second-order valence-corrected chi connectivity index (χ2v) is 10.3. The minimum Gasteiger partial charge on any atom is -0.465 e. The van der Waals surface area contributed by atoms with E-state index in [2.05, 4.69) is 48.9 Å². The van der Waals surface area contributed by atoms with Crippen LogP contribution in [0.2, 0.25) is 0 Å². The molecule has 0 bridgehead atoms. The van der Waals surface area contributed by atoms with E-state index in [0.717, 1.165) is 36.9 Å². The van der Waals surface area contributed by atoms with Gasteiger partial charge in [-0.25, -0.2) is 9.78 Å². The van der Waals surface area contributed by atoms with E-state index >= 15 is 0 Å². The summed E-state index contributed by atoms with van der Waals surface area (Å²) in [5, 5.41) is 10.3. The number of carbonyl (C=O) groups is 2.